The van der Waals surface area contributed by atoms with Gasteiger partial charge >= 0.3 is 0 Å². The number of carbonyl (C=O) groups is 1. The number of hydrogen-bond donors (Lipinski definition) is 2. The lowest BCUT2D eigenvalue weighted by Gasteiger charge is -2.30. The summed E-state index contributed by atoms with van der Waals surface area (Å²) in [6.45, 7) is 7.19. The van der Waals surface area contributed by atoms with Gasteiger partial charge in [-0.25, -0.2) is 0 Å². The van der Waals surface area contributed by atoms with Gasteiger partial charge in [-0.3, -0.25) is 9.59 Å². The second kappa shape index (κ2) is 8.30. The van der Waals surface area contributed by atoms with Crippen LogP contribution in [0.5, 0.6) is 5.75 Å². The third-order valence-corrected chi connectivity index (χ3v) is 5.70. The first-order valence-corrected chi connectivity index (χ1v) is 10.4. The molecule has 1 aliphatic rings. The highest BCUT2D eigenvalue weighted by Gasteiger charge is 2.24. The molecule has 3 aromatic rings. The Balaban J connectivity index is 1.70. The highest BCUT2D eigenvalue weighted by atomic mass is 16.5. The third-order valence-electron chi connectivity index (χ3n) is 5.70. The molecule has 6 heteroatoms. The van der Waals surface area contributed by atoms with E-state index in [1.165, 1.54) is 5.56 Å². The number of carbonyl (C=O) groups excluding carboxylic acids is 1. The Labute approximate surface area is 181 Å². The van der Waals surface area contributed by atoms with Crippen LogP contribution < -0.4 is 20.5 Å². The van der Waals surface area contributed by atoms with E-state index in [1.807, 2.05) is 40.0 Å². The Morgan fingerprint density at radius 3 is 2.55 bits per heavy atom. The molecule has 160 valence electrons. The molecule has 1 amide bonds. The maximum Gasteiger partial charge on any atom is 0.255 e. The van der Waals surface area contributed by atoms with Crippen molar-refractivity contribution < 1.29 is 9.53 Å². The quantitative estimate of drug-likeness (QED) is 0.678. The minimum atomic E-state index is -0.264. The minimum absolute atomic E-state index is 0.152. The predicted molar refractivity (Wildman–Crippen MR) is 123 cm³/mol. The maximum atomic E-state index is 13.2. The normalized spacial score (nSPS) is 12.8. The van der Waals surface area contributed by atoms with Crippen molar-refractivity contribution in [3.05, 3.63) is 80.8 Å². The average molecular weight is 418 g/mol. The Bertz CT molecular complexity index is 1200. The van der Waals surface area contributed by atoms with Gasteiger partial charge in [0.1, 0.15) is 6.61 Å². The van der Waals surface area contributed by atoms with E-state index in [2.05, 4.69) is 45.5 Å². The highest BCUT2D eigenvalue weighted by Crippen LogP contribution is 2.38. The van der Waals surface area contributed by atoms with Gasteiger partial charge in [0.25, 0.3) is 11.5 Å². The van der Waals surface area contributed by atoms with Crippen molar-refractivity contribution in [2.45, 2.75) is 27.3 Å². The Kier molecular flexibility index (Phi) is 5.55. The van der Waals surface area contributed by atoms with Crippen LogP contribution in [0.25, 0.3) is 11.1 Å². The van der Waals surface area contributed by atoms with Crippen molar-refractivity contribution in [2.75, 3.05) is 25.1 Å². The SMILES string of the molecule is Cc1ccc(-c2cc(C(=O)NCc3c(C)cc(C)[nH]c3=O)c3c(c2)N(C)CCO3)cc1. The van der Waals surface area contributed by atoms with Crippen molar-refractivity contribution in [3.63, 3.8) is 0 Å². The second-order valence-electron chi connectivity index (χ2n) is 8.13. The van der Waals surface area contributed by atoms with E-state index in [0.29, 0.717) is 23.5 Å². The number of amides is 1. The summed E-state index contributed by atoms with van der Waals surface area (Å²) < 4.78 is 5.90. The first-order valence-electron chi connectivity index (χ1n) is 10.4. The summed E-state index contributed by atoms with van der Waals surface area (Å²) >= 11 is 0. The number of hydrogen-bond acceptors (Lipinski definition) is 4. The molecule has 0 radical (unpaired) electrons. The number of H-pyrrole nitrogens is 1. The summed E-state index contributed by atoms with van der Waals surface area (Å²) in [6, 6.07) is 14.0. The zero-order valence-electron chi connectivity index (χ0n) is 18.3. The molecule has 31 heavy (non-hydrogen) atoms. The van der Waals surface area contributed by atoms with E-state index >= 15 is 0 Å². The zero-order valence-corrected chi connectivity index (χ0v) is 18.3. The molecular formula is C25H27N3O3. The number of nitrogens with one attached hydrogen (secondary N) is 2. The van der Waals surface area contributed by atoms with Gasteiger partial charge in [0.05, 0.1) is 17.8 Å². The molecule has 0 spiro atoms. The summed E-state index contributed by atoms with van der Waals surface area (Å²) in [5.41, 5.74) is 6.56. The lowest BCUT2D eigenvalue weighted by molar-refractivity contribution is 0.0946. The lowest BCUT2D eigenvalue weighted by Crippen LogP contribution is -2.32. The fraction of sp³-hybridized carbons (Fsp3) is 0.280. The highest BCUT2D eigenvalue weighted by molar-refractivity contribution is 6.00. The van der Waals surface area contributed by atoms with Crippen LogP contribution in [0.1, 0.15) is 32.7 Å². The van der Waals surface area contributed by atoms with E-state index in [4.69, 9.17) is 4.74 Å². The number of aryl methyl sites for hydroxylation is 3. The van der Waals surface area contributed by atoms with Crippen LogP contribution in [-0.2, 0) is 6.54 Å². The largest absolute Gasteiger partial charge is 0.489 e. The van der Waals surface area contributed by atoms with Gasteiger partial charge in [0, 0.05) is 24.8 Å². The summed E-state index contributed by atoms with van der Waals surface area (Å²) in [5, 5.41) is 2.91. The van der Waals surface area contributed by atoms with Gasteiger partial charge in [-0.15, -0.1) is 0 Å². The first kappa shape index (κ1) is 20.7. The molecule has 1 aliphatic heterocycles. The first-order chi connectivity index (χ1) is 14.8. The molecule has 4 rings (SSSR count). The molecule has 1 aromatic heterocycles. The number of anilines is 1. The van der Waals surface area contributed by atoms with Gasteiger partial charge in [0.15, 0.2) is 5.75 Å². The smallest absolute Gasteiger partial charge is 0.255 e. The van der Waals surface area contributed by atoms with Gasteiger partial charge in [-0.2, -0.15) is 0 Å². The molecule has 2 aromatic carbocycles. The van der Waals surface area contributed by atoms with Crippen LogP contribution in [0.3, 0.4) is 0 Å². The average Bonchev–Trinajstić information content (AvgIpc) is 2.73. The fourth-order valence-electron chi connectivity index (χ4n) is 3.90. The molecule has 0 aliphatic carbocycles. The number of benzene rings is 2. The third kappa shape index (κ3) is 4.19. The molecule has 6 nitrogen and oxygen atoms in total. The Morgan fingerprint density at radius 2 is 1.84 bits per heavy atom. The summed E-state index contributed by atoms with van der Waals surface area (Å²) in [7, 11) is 2.00. The lowest BCUT2D eigenvalue weighted by atomic mass is 9.98. The standard InChI is InChI=1S/C25H27N3O3/c1-15-5-7-18(8-6-15)19-12-20(23-22(13-19)28(4)9-10-31-23)24(29)26-14-21-16(2)11-17(3)27-25(21)30/h5-8,11-13H,9-10,14H2,1-4H3,(H,26,29)(H,27,30). The van der Waals surface area contributed by atoms with Crippen LogP contribution in [0, 0.1) is 20.8 Å². The van der Waals surface area contributed by atoms with Crippen LogP contribution in [0.2, 0.25) is 0 Å². The molecule has 2 heterocycles. The minimum Gasteiger partial charge on any atom is -0.489 e. The van der Waals surface area contributed by atoms with E-state index in [-0.39, 0.29) is 18.0 Å². The molecule has 0 fully saturated rings. The summed E-state index contributed by atoms with van der Waals surface area (Å²) in [6.07, 6.45) is 0. The van der Waals surface area contributed by atoms with Crippen molar-refractivity contribution in [1.29, 1.82) is 0 Å². The number of ether oxygens (including phenoxy) is 1. The van der Waals surface area contributed by atoms with E-state index in [9.17, 15) is 9.59 Å². The topological polar surface area (TPSA) is 74.4 Å². The number of fused-ring (bicyclic) bond motifs is 1. The number of aromatic nitrogens is 1. The molecule has 0 atom stereocenters. The van der Waals surface area contributed by atoms with Crippen molar-refractivity contribution >= 4 is 11.6 Å². The van der Waals surface area contributed by atoms with Crippen molar-refractivity contribution in [1.82, 2.24) is 10.3 Å². The number of rotatable bonds is 4. The molecule has 0 bridgehead atoms. The van der Waals surface area contributed by atoms with E-state index in [0.717, 1.165) is 34.6 Å². The fourth-order valence-corrected chi connectivity index (χ4v) is 3.90. The number of likely N-dealkylation sites (N-methyl/N-ethyl adjacent to an activating group) is 1. The number of pyridine rings is 1. The maximum absolute atomic E-state index is 13.2. The summed E-state index contributed by atoms with van der Waals surface area (Å²) in [4.78, 5) is 30.4. The van der Waals surface area contributed by atoms with E-state index < -0.39 is 0 Å². The number of nitrogens with zero attached hydrogens (tertiary/aromatic N) is 1. The van der Waals surface area contributed by atoms with Crippen molar-refractivity contribution in [2.24, 2.45) is 0 Å². The van der Waals surface area contributed by atoms with Gasteiger partial charge < -0.3 is 19.9 Å². The van der Waals surface area contributed by atoms with Crippen LogP contribution in [-0.4, -0.2) is 31.1 Å². The zero-order chi connectivity index (χ0) is 22.1. The Hall–Kier alpha value is -3.54. The van der Waals surface area contributed by atoms with Gasteiger partial charge in [0.2, 0.25) is 0 Å². The second-order valence-corrected chi connectivity index (χ2v) is 8.13. The molecular weight excluding hydrogens is 390 g/mol. The monoisotopic (exact) mass is 417 g/mol. The van der Waals surface area contributed by atoms with Crippen molar-refractivity contribution in [3.8, 4) is 16.9 Å². The molecule has 0 saturated heterocycles. The van der Waals surface area contributed by atoms with Crippen LogP contribution in [0.15, 0.2) is 47.3 Å². The predicted octanol–water partition coefficient (Wildman–Crippen LogP) is 3.73. The Morgan fingerprint density at radius 1 is 1.10 bits per heavy atom. The summed E-state index contributed by atoms with van der Waals surface area (Å²) in [5.74, 6) is 0.316. The van der Waals surface area contributed by atoms with Crippen LogP contribution >= 0.6 is 0 Å². The molecule has 2 N–H and O–H groups in total. The van der Waals surface area contributed by atoms with Gasteiger partial charge in [-0.1, -0.05) is 29.8 Å². The number of aromatic amines is 1. The van der Waals surface area contributed by atoms with Crippen LogP contribution in [0.4, 0.5) is 5.69 Å². The molecule has 0 unspecified atom stereocenters. The molecule has 0 saturated carbocycles. The van der Waals surface area contributed by atoms with Gasteiger partial charge in [-0.05, 0) is 55.7 Å². The van der Waals surface area contributed by atoms with E-state index in [1.54, 1.807) is 0 Å².